The van der Waals surface area contributed by atoms with Gasteiger partial charge < -0.3 is 5.32 Å². The van der Waals surface area contributed by atoms with Crippen LogP contribution in [0, 0.1) is 0 Å². The zero-order chi connectivity index (χ0) is 13.8. The molecule has 19 heavy (non-hydrogen) atoms. The van der Waals surface area contributed by atoms with Gasteiger partial charge in [0.1, 0.15) is 0 Å². The van der Waals surface area contributed by atoms with E-state index < -0.39 is 0 Å². The van der Waals surface area contributed by atoms with Gasteiger partial charge >= 0.3 is 0 Å². The topological polar surface area (TPSA) is 29.1 Å². The summed E-state index contributed by atoms with van der Waals surface area (Å²) >= 11 is 17.5. The molecule has 0 saturated heterocycles. The van der Waals surface area contributed by atoms with Crippen LogP contribution in [0.15, 0.2) is 35.2 Å². The minimum atomic E-state index is -0.191. The smallest absolute Gasteiger partial charge is 0.252 e. The Morgan fingerprint density at radius 1 is 1.26 bits per heavy atom. The minimum absolute atomic E-state index is 0.191. The lowest BCUT2D eigenvalue weighted by Gasteiger charge is -2.06. The Bertz CT molecular complexity index is 598. The van der Waals surface area contributed by atoms with Crippen molar-refractivity contribution in [2.24, 2.45) is 0 Å². The van der Waals surface area contributed by atoms with E-state index >= 15 is 0 Å². The quantitative estimate of drug-likeness (QED) is 0.803. The number of carbonyl (C=O) groups is 1. The molecule has 100 valence electrons. The van der Waals surface area contributed by atoms with Crippen LogP contribution in [0.4, 0.5) is 0 Å². The summed E-state index contributed by atoms with van der Waals surface area (Å²) in [7, 11) is 0. The summed E-state index contributed by atoms with van der Waals surface area (Å²) in [4.78, 5) is 13.8. The first-order valence-electron chi connectivity index (χ1n) is 5.57. The van der Waals surface area contributed by atoms with Gasteiger partial charge in [0.15, 0.2) is 0 Å². The standard InChI is InChI=1S/C13H11Cl2NOS2/c14-11-3-1-8(18)7-10(11)13(17)16-6-5-9-2-4-12(15)19-9/h1-4,7,18H,5-6H2,(H,16,17). The number of amides is 1. The number of hydrogen-bond donors (Lipinski definition) is 2. The zero-order valence-corrected chi connectivity index (χ0v) is 13.0. The number of hydrogen-bond acceptors (Lipinski definition) is 3. The average molecular weight is 332 g/mol. The average Bonchev–Trinajstić information content (AvgIpc) is 2.78. The van der Waals surface area contributed by atoms with Crippen LogP contribution in [0.25, 0.3) is 0 Å². The fraction of sp³-hybridized carbons (Fsp3) is 0.154. The fourth-order valence-corrected chi connectivity index (χ4v) is 3.06. The van der Waals surface area contributed by atoms with Crippen molar-refractivity contribution in [2.75, 3.05) is 6.54 Å². The molecule has 0 bridgehead atoms. The summed E-state index contributed by atoms with van der Waals surface area (Å²) in [5.74, 6) is -0.191. The lowest BCUT2D eigenvalue weighted by atomic mass is 10.2. The summed E-state index contributed by atoms with van der Waals surface area (Å²) < 4.78 is 0.757. The normalized spacial score (nSPS) is 10.5. The molecule has 6 heteroatoms. The molecule has 0 spiro atoms. The lowest BCUT2D eigenvalue weighted by molar-refractivity contribution is 0.0954. The van der Waals surface area contributed by atoms with E-state index in [2.05, 4.69) is 17.9 Å². The third-order valence-electron chi connectivity index (χ3n) is 2.48. The Labute approximate surface area is 131 Å². The van der Waals surface area contributed by atoms with E-state index in [9.17, 15) is 4.79 Å². The highest BCUT2D eigenvalue weighted by atomic mass is 35.5. The molecule has 0 unspecified atom stereocenters. The molecular weight excluding hydrogens is 321 g/mol. The maximum absolute atomic E-state index is 12.0. The van der Waals surface area contributed by atoms with Crippen molar-refractivity contribution in [1.29, 1.82) is 0 Å². The van der Waals surface area contributed by atoms with Gasteiger partial charge in [-0.25, -0.2) is 0 Å². The Morgan fingerprint density at radius 3 is 2.74 bits per heavy atom. The minimum Gasteiger partial charge on any atom is -0.352 e. The fourth-order valence-electron chi connectivity index (χ4n) is 1.57. The molecule has 1 heterocycles. The molecule has 1 aromatic heterocycles. The second-order valence-electron chi connectivity index (χ2n) is 3.88. The summed E-state index contributed by atoms with van der Waals surface area (Å²) in [6.45, 7) is 0.544. The Morgan fingerprint density at radius 2 is 2.05 bits per heavy atom. The summed E-state index contributed by atoms with van der Waals surface area (Å²) in [6, 6.07) is 8.88. The van der Waals surface area contributed by atoms with Crippen molar-refractivity contribution in [3.8, 4) is 0 Å². The number of carbonyl (C=O) groups excluding carboxylic acids is 1. The summed E-state index contributed by atoms with van der Waals surface area (Å²) in [5.41, 5.74) is 0.443. The van der Waals surface area contributed by atoms with Crippen LogP contribution in [0.2, 0.25) is 9.36 Å². The maximum atomic E-state index is 12.0. The van der Waals surface area contributed by atoms with Gasteiger partial charge in [0.05, 0.1) is 14.9 Å². The van der Waals surface area contributed by atoms with Crippen molar-refractivity contribution in [3.05, 3.63) is 50.1 Å². The van der Waals surface area contributed by atoms with E-state index in [-0.39, 0.29) is 5.91 Å². The van der Waals surface area contributed by atoms with Crippen LogP contribution < -0.4 is 5.32 Å². The largest absolute Gasteiger partial charge is 0.352 e. The lowest BCUT2D eigenvalue weighted by Crippen LogP contribution is -2.25. The molecule has 2 nitrogen and oxygen atoms in total. The van der Waals surface area contributed by atoms with Crippen LogP contribution in [-0.2, 0) is 6.42 Å². The van der Waals surface area contributed by atoms with Gasteiger partial charge in [0.25, 0.3) is 5.91 Å². The highest BCUT2D eigenvalue weighted by molar-refractivity contribution is 7.80. The van der Waals surface area contributed by atoms with E-state index in [0.29, 0.717) is 22.0 Å². The molecule has 0 fully saturated rings. The molecule has 2 aromatic rings. The number of thiol groups is 1. The molecule has 0 aliphatic rings. The van der Waals surface area contributed by atoms with Gasteiger partial charge in [0.2, 0.25) is 0 Å². The first-order chi connectivity index (χ1) is 9.06. The summed E-state index contributed by atoms with van der Waals surface area (Å²) in [5, 5.41) is 3.26. The molecule has 0 radical (unpaired) electrons. The summed E-state index contributed by atoms with van der Waals surface area (Å²) in [6.07, 6.45) is 0.751. The van der Waals surface area contributed by atoms with Crippen molar-refractivity contribution in [2.45, 2.75) is 11.3 Å². The molecule has 0 aliphatic carbocycles. The van der Waals surface area contributed by atoms with Crippen LogP contribution in [-0.4, -0.2) is 12.5 Å². The second-order valence-corrected chi connectivity index (χ2v) is 6.60. The van der Waals surface area contributed by atoms with Gasteiger partial charge in [-0.2, -0.15) is 0 Å². The molecule has 2 rings (SSSR count). The molecule has 0 aliphatic heterocycles. The van der Waals surface area contributed by atoms with Crippen molar-refractivity contribution < 1.29 is 4.79 Å². The van der Waals surface area contributed by atoms with E-state index in [1.165, 1.54) is 11.3 Å². The van der Waals surface area contributed by atoms with E-state index in [0.717, 1.165) is 15.6 Å². The maximum Gasteiger partial charge on any atom is 0.252 e. The van der Waals surface area contributed by atoms with Gasteiger partial charge in [0, 0.05) is 16.3 Å². The van der Waals surface area contributed by atoms with Crippen LogP contribution >= 0.6 is 47.2 Å². The van der Waals surface area contributed by atoms with Crippen LogP contribution in [0.5, 0.6) is 0 Å². The van der Waals surface area contributed by atoms with E-state index in [4.69, 9.17) is 23.2 Å². The monoisotopic (exact) mass is 331 g/mol. The molecule has 1 amide bonds. The van der Waals surface area contributed by atoms with Crippen LogP contribution in [0.1, 0.15) is 15.2 Å². The highest BCUT2D eigenvalue weighted by Crippen LogP contribution is 2.22. The van der Waals surface area contributed by atoms with Gasteiger partial charge in [-0.1, -0.05) is 23.2 Å². The second kappa shape index (κ2) is 6.66. The molecule has 1 aromatic carbocycles. The molecule has 1 N–H and O–H groups in total. The van der Waals surface area contributed by atoms with Crippen molar-refractivity contribution >= 4 is 53.1 Å². The third-order valence-corrected chi connectivity index (χ3v) is 4.38. The van der Waals surface area contributed by atoms with Crippen LogP contribution in [0.3, 0.4) is 0 Å². The van der Waals surface area contributed by atoms with Gasteiger partial charge in [-0.05, 0) is 36.8 Å². The number of nitrogens with one attached hydrogen (secondary N) is 1. The Hall–Kier alpha value is -0.680. The Balaban J connectivity index is 1.92. The predicted octanol–water partition coefficient (Wildman–Crippen LogP) is 4.32. The Kier molecular flexibility index (Phi) is 5.16. The number of thiophene rings is 1. The first-order valence-corrected chi connectivity index (χ1v) is 7.59. The number of benzene rings is 1. The van der Waals surface area contributed by atoms with E-state index in [1.807, 2.05) is 12.1 Å². The highest BCUT2D eigenvalue weighted by Gasteiger charge is 2.10. The number of rotatable bonds is 4. The molecular formula is C13H11Cl2NOS2. The SMILES string of the molecule is O=C(NCCc1ccc(Cl)s1)c1cc(S)ccc1Cl. The number of halogens is 2. The third kappa shape index (κ3) is 4.14. The van der Waals surface area contributed by atoms with Crippen molar-refractivity contribution in [1.82, 2.24) is 5.32 Å². The van der Waals surface area contributed by atoms with Crippen molar-refractivity contribution in [3.63, 3.8) is 0 Å². The molecule has 0 saturated carbocycles. The predicted molar refractivity (Wildman–Crippen MR) is 84.1 cm³/mol. The van der Waals surface area contributed by atoms with Gasteiger partial charge in [-0.3, -0.25) is 4.79 Å². The van der Waals surface area contributed by atoms with E-state index in [1.54, 1.807) is 18.2 Å². The first kappa shape index (κ1) is 14.7. The molecule has 0 atom stereocenters. The zero-order valence-electron chi connectivity index (χ0n) is 9.82. The van der Waals surface area contributed by atoms with Gasteiger partial charge in [-0.15, -0.1) is 24.0 Å².